The molecule has 1 amide bonds. The van der Waals surface area contributed by atoms with Gasteiger partial charge in [0.05, 0.1) is 19.3 Å². The highest BCUT2D eigenvalue weighted by Crippen LogP contribution is 2.22. The molecular formula is C14H27N3O2. The zero-order chi connectivity index (χ0) is 13.9. The third-order valence-electron chi connectivity index (χ3n) is 4.30. The number of morpholine rings is 1. The van der Waals surface area contributed by atoms with Crippen molar-refractivity contribution in [3.8, 4) is 0 Å². The van der Waals surface area contributed by atoms with Gasteiger partial charge in [-0.1, -0.05) is 0 Å². The lowest BCUT2D eigenvalue weighted by Crippen LogP contribution is -2.53. The predicted octanol–water partition coefficient (Wildman–Crippen LogP) is 0.308. The fraction of sp³-hybridized carbons (Fsp3) is 0.929. The van der Waals surface area contributed by atoms with Crippen molar-refractivity contribution in [1.82, 2.24) is 15.1 Å². The maximum Gasteiger partial charge on any atom is 0.239 e. The molecule has 1 unspecified atom stereocenters. The van der Waals surface area contributed by atoms with Gasteiger partial charge in [-0.05, 0) is 33.7 Å². The molecule has 0 bridgehead atoms. The van der Waals surface area contributed by atoms with E-state index in [0.29, 0.717) is 0 Å². The molecule has 19 heavy (non-hydrogen) atoms. The minimum Gasteiger partial charge on any atom is -0.379 e. The molecule has 0 aliphatic carbocycles. The molecule has 2 heterocycles. The van der Waals surface area contributed by atoms with Gasteiger partial charge in [0.1, 0.15) is 0 Å². The maximum atomic E-state index is 12.5. The highest BCUT2D eigenvalue weighted by molar-refractivity contribution is 5.82. The number of carbonyl (C=O) groups is 1. The van der Waals surface area contributed by atoms with E-state index >= 15 is 0 Å². The van der Waals surface area contributed by atoms with Crippen molar-refractivity contribution in [2.45, 2.75) is 38.8 Å². The first-order valence-electron chi connectivity index (χ1n) is 7.36. The Morgan fingerprint density at radius 1 is 1.32 bits per heavy atom. The summed E-state index contributed by atoms with van der Waals surface area (Å²) in [5.41, 5.74) is -0.0544. The third-order valence-corrected chi connectivity index (χ3v) is 4.30. The van der Waals surface area contributed by atoms with Crippen molar-refractivity contribution in [2.24, 2.45) is 0 Å². The Labute approximate surface area is 116 Å². The van der Waals surface area contributed by atoms with Crippen LogP contribution in [0.15, 0.2) is 0 Å². The number of hydrogen-bond donors (Lipinski definition) is 1. The first-order chi connectivity index (χ1) is 9.00. The molecule has 1 N–H and O–H groups in total. The summed E-state index contributed by atoms with van der Waals surface area (Å²) in [5.74, 6) is 0.232. The van der Waals surface area contributed by atoms with Gasteiger partial charge >= 0.3 is 0 Å². The molecule has 2 saturated heterocycles. The van der Waals surface area contributed by atoms with Crippen molar-refractivity contribution < 1.29 is 9.53 Å². The fourth-order valence-electron chi connectivity index (χ4n) is 2.83. The van der Waals surface area contributed by atoms with Crippen LogP contribution in [0.4, 0.5) is 0 Å². The predicted molar refractivity (Wildman–Crippen MR) is 75.1 cm³/mol. The van der Waals surface area contributed by atoms with Crippen LogP contribution in [0.3, 0.4) is 0 Å². The van der Waals surface area contributed by atoms with Gasteiger partial charge in [-0.2, -0.15) is 0 Å². The highest BCUT2D eigenvalue weighted by atomic mass is 16.5. The molecule has 2 fully saturated rings. The minimum absolute atomic E-state index is 0.0544. The van der Waals surface area contributed by atoms with Crippen LogP contribution < -0.4 is 5.32 Å². The number of nitrogens with one attached hydrogen (secondary N) is 1. The monoisotopic (exact) mass is 269 g/mol. The lowest BCUT2D eigenvalue weighted by molar-refractivity contribution is -0.137. The summed E-state index contributed by atoms with van der Waals surface area (Å²) < 4.78 is 5.36. The molecule has 2 aliphatic heterocycles. The zero-order valence-electron chi connectivity index (χ0n) is 12.4. The minimum atomic E-state index is -0.0635. The normalized spacial score (nSPS) is 29.3. The lowest BCUT2D eigenvalue weighted by Gasteiger charge is -2.39. The van der Waals surface area contributed by atoms with Gasteiger partial charge in [-0.15, -0.1) is 0 Å². The first-order valence-corrected chi connectivity index (χ1v) is 7.36. The Morgan fingerprint density at radius 3 is 2.68 bits per heavy atom. The number of ether oxygens (including phenoxy) is 1. The van der Waals surface area contributed by atoms with E-state index in [1.54, 1.807) is 0 Å². The first kappa shape index (κ1) is 14.8. The number of rotatable bonds is 3. The van der Waals surface area contributed by atoms with Crippen molar-refractivity contribution in [2.75, 3.05) is 45.9 Å². The molecule has 0 aromatic heterocycles. The summed E-state index contributed by atoms with van der Waals surface area (Å²) in [6.45, 7) is 12.6. The van der Waals surface area contributed by atoms with Crippen LogP contribution in [0.5, 0.6) is 0 Å². The van der Waals surface area contributed by atoms with Gasteiger partial charge in [-0.25, -0.2) is 0 Å². The Balaban J connectivity index is 1.95. The Morgan fingerprint density at radius 2 is 2.00 bits per heavy atom. The second kappa shape index (κ2) is 6.20. The van der Waals surface area contributed by atoms with Crippen LogP contribution in [-0.4, -0.2) is 73.2 Å². The SMILES string of the molecule is CC1NCCC(C)(C)N(CCN2CCOCC2)C1=O. The molecule has 0 aromatic rings. The summed E-state index contributed by atoms with van der Waals surface area (Å²) >= 11 is 0. The second-order valence-electron chi connectivity index (χ2n) is 6.18. The van der Waals surface area contributed by atoms with Gasteiger partial charge in [0.2, 0.25) is 5.91 Å². The third kappa shape index (κ3) is 3.68. The summed E-state index contributed by atoms with van der Waals surface area (Å²) in [6.07, 6.45) is 1.01. The summed E-state index contributed by atoms with van der Waals surface area (Å²) in [5, 5.41) is 3.29. The van der Waals surface area contributed by atoms with Crippen LogP contribution in [0.2, 0.25) is 0 Å². The van der Waals surface area contributed by atoms with E-state index in [9.17, 15) is 4.79 Å². The van der Waals surface area contributed by atoms with E-state index in [0.717, 1.165) is 52.4 Å². The number of amides is 1. The average molecular weight is 269 g/mol. The van der Waals surface area contributed by atoms with E-state index in [1.165, 1.54) is 0 Å². The van der Waals surface area contributed by atoms with Crippen molar-refractivity contribution in [3.05, 3.63) is 0 Å². The Hall–Kier alpha value is -0.650. The molecule has 5 nitrogen and oxygen atoms in total. The molecule has 0 spiro atoms. The van der Waals surface area contributed by atoms with Gasteiger partial charge in [0.15, 0.2) is 0 Å². The van der Waals surface area contributed by atoms with E-state index in [1.807, 2.05) is 6.92 Å². The Bertz CT molecular complexity index is 314. The largest absolute Gasteiger partial charge is 0.379 e. The maximum absolute atomic E-state index is 12.5. The van der Waals surface area contributed by atoms with Gasteiger partial charge in [0.25, 0.3) is 0 Å². The number of hydrogen-bond acceptors (Lipinski definition) is 4. The molecule has 2 rings (SSSR count). The molecule has 5 heteroatoms. The van der Waals surface area contributed by atoms with Gasteiger partial charge in [-0.3, -0.25) is 9.69 Å². The van der Waals surface area contributed by atoms with E-state index < -0.39 is 0 Å². The van der Waals surface area contributed by atoms with Crippen molar-refractivity contribution >= 4 is 5.91 Å². The van der Waals surface area contributed by atoms with Crippen LogP contribution in [0.1, 0.15) is 27.2 Å². The zero-order valence-corrected chi connectivity index (χ0v) is 12.4. The molecule has 2 aliphatic rings. The summed E-state index contributed by atoms with van der Waals surface area (Å²) in [4.78, 5) is 16.9. The fourth-order valence-corrected chi connectivity index (χ4v) is 2.83. The molecule has 110 valence electrons. The topological polar surface area (TPSA) is 44.8 Å². The number of carbonyl (C=O) groups excluding carboxylic acids is 1. The quantitative estimate of drug-likeness (QED) is 0.801. The van der Waals surface area contributed by atoms with Gasteiger partial charge in [0, 0.05) is 31.7 Å². The van der Waals surface area contributed by atoms with Crippen LogP contribution in [-0.2, 0) is 9.53 Å². The average Bonchev–Trinajstić information content (AvgIpc) is 2.47. The molecule has 1 atom stereocenters. The van der Waals surface area contributed by atoms with Crippen LogP contribution in [0.25, 0.3) is 0 Å². The van der Waals surface area contributed by atoms with Gasteiger partial charge < -0.3 is 15.0 Å². The molecule has 0 radical (unpaired) electrons. The lowest BCUT2D eigenvalue weighted by atomic mass is 9.98. The second-order valence-corrected chi connectivity index (χ2v) is 6.18. The smallest absolute Gasteiger partial charge is 0.239 e. The van der Waals surface area contributed by atoms with E-state index in [4.69, 9.17) is 4.74 Å². The van der Waals surface area contributed by atoms with Crippen molar-refractivity contribution in [3.63, 3.8) is 0 Å². The molecule has 0 saturated carbocycles. The Kier molecular flexibility index (Phi) is 4.81. The van der Waals surface area contributed by atoms with Crippen LogP contribution >= 0.6 is 0 Å². The van der Waals surface area contributed by atoms with Crippen molar-refractivity contribution in [1.29, 1.82) is 0 Å². The molecular weight excluding hydrogens is 242 g/mol. The van der Waals surface area contributed by atoms with E-state index in [2.05, 4.69) is 29.0 Å². The van der Waals surface area contributed by atoms with E-state index in [-0.39, 0.29) is 17.5 Å². The highest BCUT2D eigenvalue weighted by Gasteiger charge is 2.35. The summed E-state index contributed by atoms with van der Waals surface area (Å²) in [6, 6.07) is -0.0635. The summed E-state index contributed by atoms with van der Waals surface area (Å²) in [7, 11) is 0. The van der Waals surface area contributed by atoms with Crippen LogP contribution in [0, 0.1) is 0 Å². The standard InChI is InChI=1S/C14H27N3O2/c1-12-13(18)17(14(2,3)4-5-15-12)7-6-16-8-10-19-11-9-16/h12,15H,4-11H2,1-3H3. The number of nitrogens with zero attached hydrogens (tertiary/aromatic N) is 2. The molecule has 0 aromatic carbocycles.